The molecule has 0 spiro atoms. The lowest BCUT2D eigenvalue weighted by molar-refractivity contribution is -0.113. The molecule has 9 aromatic carbocycles. The number of para-hydroxylation sites is 3. The van der Waals surface area contributed by atoms with E-state index in [0.29, 0.717) is 120 Å². The first-order chi connectivity index (χ1) is 58.0. The maximum absolute atomic E-state index is 13.3. The van der Waals surface area contributed by atoms with Gasteiger partial charge in [0.05, 0.1) is 40.7 Å². The number of hydrogen-bond acceptors (Lipinski definition) is 13. The van der Waals surface area contributed by atoms with Crippen LogP contribution < -0.4 is 26.0 Å². The number of ether oxygens (including phenoxy) is 1. The number of Topliss-reactive ketones (excluding diaryl/α,β-unsaturated/α-hetero) is 4. The number of aromatic hydroxyl groups is 1. The number of carbonyl (C=O) groups is 8. The number of carbonyl (C=O) groups excluding carboxylic acids is 8. The van der Waals surface area contributed by atoms with Crippen molar-refractivity contribution < 1.29 is 48.2 Å². The Morgan fingerprint density at radius 2 is 0.633 bits per heavy atom. The molecule has 0 bridgehead atoms. The summed E-state index contributed by atoms with van der Waals surface area (Å²) in [6.07, 6.45) is 9.33. The average molecular weight is 1670 g/mol. The lowest BCUT2D eigenvalue weighted by Gasteiger charge is -2.10. The van der Waals surface area contributed by atoms with E-state index in [1.54, 1.807) is 111 Å². The number of phenolic OH excluding ortho intramolecular Hbond substituents is 1. The normalized spacial score (nSPS) is 10.8. The molecule has 7 aromatic heterocycles. The summed E-state index contributed by atoms with van der Waals surface area (Å²) in [5.41, 5.74) is 13.9. The van der Waals surface area contributed by atoms with Crippen molar-refractivity contribution in [3.8, 4) is 11.5 Å². The molecule has 16 rings (SSSR count). The Kier molecular flexibility index (Phi) is 26.8. The summed E-state index contributed by atoms with van der Waals surface area (Å²) >= 11 is 24.0. The smallest absolute Gasteiger partial charge is 0.296 e. The lowest BCUT2D eigenvalue weighted by Crippen LogP contribution is -2.23. The minimum Gasteiger partial charge on any atom is -0.508 e. The van der Waals surface area contributed by atoms with Crippen LogP contribution in [-0.4, -0.2) is 91.7 Å². The van der Waals surface area contributed by atoms with Crippen molar-refractivity contribution in [2.24, 2.45) is 0 Å². The number of halogens is 4. The largest absolute Gasteiger partial charge is 0.508 e. The van der Waals surface area contributed by atoms with Gasteiger partial charge in [0.2, 0.25) is 0 Å². The Morgan fingerprint density at radius 1 is 0.325 bits per heavy atom. The van der Waals surface area contributed by atoms with Crippen LogP contribution in [0.4, 0.5) is 22.7 Å². The third-order valence-corrected chi connectivity index (χ3v) is 21.0. The van der Waals surface area contributed by atoms with E-state index in [4.69, 9.17) is 51.1 Å². The molecule has 4 amide bonds. The van der Waals surface area contributed by atoms with Gasteiger partial charge in [-0.3, -0.25) is 53.3 Å². The van der Waals surface area contributed by atoms with Gasteiger partial charge in [-0.2, -0.15) is 0 Å². The van der Waals surface area contributed by atoms with Crippen LogP contribution in [0.25, 0.3) is 43.6 Å². The van der Waals surface area contributed by atoms with Crippen LogP contribution in [0, 0.1) is 27.7 Å². The molecule has 0 aliphatic heterocycles. The Morgan fingerprint density at radius 3 is 0.992 bits per heavy atom. The number of hydrogen-bond donors (Lipinski definition) is 5. The number of nitrogens with zero attached hydrogens (tertiary/aromatic N) is 7. The van der Waals surface area contributed by atoms with Crippen molar-refractivity contribution >= 4 is 160 Å². The molecule has 0 radical (unpaired) electrons. The number of pyridine rings is 3. The molecule has 21 nitrogen and oxygen atoms in total. The molecule has 7 heterocycles. The van der Waals surface area contributed by atoms with Crippen LogP contribution in [0.15, 0.2) is 286 Å². The van der Waals surface area contributed by atoms with Crippen LogP contribution in [0.2, 0.25) is 20.1 Å². The monoisotopic (exact) mass is 1670 g/mol. The average Bonchev–Trinajstić information content (AvgIpc) is 1.61. The highest BCUT2D eigenvalue weighted by atomic mass is 35.5. The Labute approximate surface area is 709 Å². The third-order valence-electron chi connectivity index (χ3n) is 20.0. The van der Waals surface area contributed by atoms with Crippen molar-refractivity contribution in [3.05, 3.63) is 373 Å². The minimum absolute atomic E-state index is 0.0312. The number of ketones is 4. The summed E-state index contributed by atoms with van der Waals surface area (Å²) in [5.74, 6) is -4.50. The van der Waals surface area contributed by atoms with Gasteiger partial charge in [-0.05, 0) is 202 Å². The van der Waals surface area contributed by atoms with Gasteiger partial charge >= 0.3 is 0 Å². The zero-order chi connectivity index (χ0) is 84.7. The summed E-state index contributed by atoms with van der Waals surface area (Å²) in [4.78, 5) is 115. The Bertz CT molecular complexity index is 6310. The van der Waals surface area contributed by atoms with Gasteiger partial charge in [-0.1, -0.05) is 150 Å². The molecular weight excluding hydrogens is 1600 g/mol. The minimum atomic E-state index is -0.724. The molecule has 0 saturated carbocycles. The highest BCUT2D eigenvalue weighted by Gasteiger charge is 2.31. The van der Waals surface area contributed by atoms with Crippen molar-refractivity contribution in [1.29, 1.82) is 0 Å². The molecule has 25 heteroatoms. The van der Waals surface area contributed by atoms with E-state index in [1.807, 2.05) is 216 Å². The number of phenols is 1. The fourth-order valence-electron chi connectivity index (χ4n) is 14.1. The summed E-state index contributed by atoms with van der Waals surface area (Å²) in [7, 11) is 0. The summed E-state index contributed by atoms with van der Waals surface area (Å²) in [6, 6.07) is 74.6. The van der Waals surface area contributed by atoms with Gasteiger partial charge in [0.1, 0.15) is 11.5 Å². The van der Waals surface area contributed by atoms with E-state index >= 15 is 0 Å². The first-order valence-corrected chi connectivity index (χ1v) is 39.4. The standard InChI is InChI=1S/C25H22ClN3O3.C24H19ClN2O3.2C23H18ClN3O2/c1-3-32-20-8-9-22-21(14-20)23(24(30)25(31)28-19-10-12-27-13-11-19)16(2)29(22)15-17-4-6-18(26)7-5-17;1-15-22(23(29)24(30)26-18-5-3-2-4-6-18)20-13-19(28)11-12-21(20)27(15)14-16-7-9-17(25)10-8-16;1-15-21(22(28)23(29)26-18-5-4-12-25-13-18)19-6-2-3-7-20(19)27(15)14-16-8-10-17(24)11-9-16;1-15-21(22(28)23(29)26-18-10-12-25-13-11-18)19-4-2-3-5-20(19)27(15)14-16-6-8-17(24)9-7-16/h4-14H,3,15H2,1-2H3,(H,27,28,31);2-13,28H,14H2,1H3,(H,26,30);2-13H,14H2,1H3,(H,26,29);2-13H,14H2,1H3,(H,25,26,29). The maximum atomic E-state index is 13.3. The number of anilines is 4. The van der Waals surface area contributed by atoms with Gasteiger partial charge in [0.15, 0.2) is 0 Å². The van der Waals surface area contributed by atoms with Crippen LogP contribution in [0.3, 0.4) is 0 Å². The fraction of sp³-hybridized carbons (Fsp3) is 0.105. The predicted molar refractivity (Wildman–Crippen MR) is 473 cm³/mol. The second-order valence-corrected chi connectivity index (χ2v) is 29.5. The number of benzene rings is 9. The molecule has 0 saturated heterocycles. The number of nitrogens with one attached hydrogen (secondary N) is 4. The highest BCUT2D eigenvalue weighted by Crippen LogP contribution is 2.35. The second-order valence-electron chi connectivity index (χ2n) is 27.8. The van der Waals surface area contributed by atoms with Gasteiger partial charge < -0.3 is 49.4 Å². The van der Waals surface area contributed by atoms with Crippen LogP contribution in [0.5, 0.6) is 11.5 Å². The van der Waals surface area contributed by atoms with Crippen molar-refractivity contribution in [1.82, 2.24) is 33.2 Å². The highest BCUT2D eigenvalue weighted by molar-refractivity contribution is 6.51. The summed E-state index contributed by atoms with van der Waals surface area (Å²) in [6.45, 7) is 12.0. The van der Waals surface area contributed by atoms with Crippen molar-refractivity contribution in [2.75, 3.05) is 27.9 Å². The first-order valence-electron chi connectivity index (χ1n) is 37.9. The molecule has 0 aliphatic carbocycles. The van der Waals surface area contributed by atoms with Gasteiger partial charge in [-0.15, -0.1) is 0 Å². The van der Waals surface area contributed by atoms with Crippen molar-refractivity contribution in [3.63, 3.8) is 0 Å². The van der Waals surface area contributed by atoms with E-state index in [1.165, 1.54) is 12.3 Å². The number of fused-ring (bicyclic) bond motifs is 4. The topological polar surface area (TPSA) is 273 Å². The number of rotatable bonds is 22. The molecule has 0 atom stereocenters. The predicted octanol–water partition coefficient (Wildman–Crippen LogP) is 20.2. The molecule has 16 aromatic rings. The quantitative estimate of drug-likeness (QED) is 0.0312. The van der Waals surface area contributed by atoms with Gasteiger partial charge in [0, 0.05) is 161 Å². The van der Waals surface area contributed by atoms with Gasteiger partial charge in [0.25, 0.3) is 46.8 Å². The third kappa shape index (κ3) is 19.6. The summed E-state index contributed by atoms with van der Waals surface area (Å²) in [5, 5.41) is 25.9. The zero-order valence-electron chi connectivity index (χ0n) is 65.4. The van der Waals surface area contributed by atoms with Crippen LogP contribution in [0.1, 0.15) is 93.4 Å². The molecule has 5 N–H and O–H groups in total. The number of aromatic nitrogens is 7. The van der Waals surface area contributed by atoms with Crippen LogP contribution in [-0.2, 0) is 45.4 Å². The fourth-order valence-corrected chi connectivity index (χ4v) is 14.6. The van der Waals surface area contributed by atoms with E-state index in [0.717, 1.165) is 66.5 Å². The van der Waals surface area contributed by atoms with E-state index in [9.17, 15) is 43.5 Å². The second kappa shape index (κ2) is 38.3. The van der Waals surface area contributed by atoms with E-state index < -0.39 is 46.8 Å². The Balaban J connectivity index is 0.000000138. The van der Waals surface area contributed by atoms with Crippen LogP contribution >= 0.6 is 46.4 Å². The number of amides is 4. The maximum Gasteiger partial charge on any atom is 0.296 e. The molecule has 0 unspecified atom stereocenters. The van der Waals surface area contributed by atoms with E-state index in [-0.39, 0.29) is 11.3 Å². The molecule has 0 aliphatic rings. The zero-order valence-corrected chi connectivity index (χ0v) is 68.5. The van der Waals surface area contributed by atoms with E-state index in [2.05, 4.69) is 36.2 Å². The molecule has 0 fully saturated rings. The lowest BCUT2D eigenvalue weighted by atomic mass is 10.1. The molecular formula is C95H77Cl4N11O10. The van der Waals surface area contributed by atoms with Crippen molar-refractivity contribution in [2.45, 2.75) is 60.8 Å². The summed E-state index contributed by atoms with van der Waals surface area (Å²) < 4.78 is 13.7. The van der Waals surface area contributed by atoms with Gasteiger partial charge in [-0.25, -0.2) is 0 Å². The first kappa shape index (κ1) is 83.8. The molecule has 600 valence electrons. The molecule has 120 heavy (non-hydrogen) atoms. The Hall–Kier alpha value is -14.1. The SMILES string of the molecule is CCOc1ccc2c(c1)c(C(=O)C(=O)Nc1ccncc1)c(C)n2Cc1ccc(Cl)cc1.Cc1c(C(=O)C(=O)Nc2ccccc2)c2cc(O)ccc2n1Cc1ccc(Cl)cc1.Cc1c(C(=O)C(=O)Nc2cccnc2)c2ccccc2n1Cc1ccc(Cl)cc1.Cc1c(C(=O)C(=O)Nc2ccncc2)c2ccccc2n1Cc1ccc(Cl)cc1.